The number of hydrogen-bond donors (Lipinski definition) is 3. The van der Waals surface area contributed by atoms with Gasteiger partial charge in [-0.1, -0.05) is 6.07 Å². The monoisotopic (exact) mass is 542 g/mol. The van der Waals surface area contributed by atoms with Crippen molar-refractivity contribution in [1.29, 1.82) is 0 Å². The predicted molar refractivity (Wildman–Crippen MR) is 155 cm³/mol. The lowest BCUT2D eigenvalue weighted by atomic mass is 9.82. The number of methoxy groups -OCH3 is 4. The molecule has 40 heavy (non-hydrogen) atoms. The van der Waals surface area contributed by atoms with Crippen LogP contribution in [-0.2, 0) is 0 Å². The molecule has 0 bridgehead atoms. The molecule has 0 saturated carbocycles. The molecular formula is C32H30O8. The van der Waals surface area contributed by atoms with E-state index in [9.17, 15) is 20.1 Å². The van der Waals surface area contributed by atoms with Crippen LogP contribution in [0.1, 0.15) is 28.4 Å². The summed E-state index contributed by atoms with van der Waals surface area (Å²) < 4.78 is 22.5. The van der Waals surface area contributed by atoms with Crippen LogP contribution in [0.5, 0.6) is 40.2 Å². The maximum Gasteiger partial charge on any atom is 0.163 e. The normalized spacial score (nSPS) is 11.3. The molecule has 0 aromatic heterocycles. The number of carbonyl (C=O) groups is 1. The number of fused-ring (bicyclic) bond motifs is 3. The van der Waals surface area contributed by atoms with E-state index in [4.69, 9.17) is 18.9 Å². The topological polar surface area (TPSA) is 115 Å². The fraction of sp³-hybridized carbons (Fsp3) is 0.219. The van der Waals surface area contributed by atoms with Crippen LogP contribution in [0.25, 0.3) is 43.4 Å². The van der Waals surface area contributed by atoms with E-state index in [1.54, 1.807) is 37.3 Å². The highest BCUT2D eigenvalue weighted by molar-refractivity contribution is 6.25. The summed E-state index contributed by atoms with van der Waals surface area (Å²) in [6, 6.07) is 10.3. The molecule has 0 aliphatic rings. The minimum Gasteiger partial charge on any atom is -0.507 e. The molecule has 0 heterocycles. The lowest BCUT2D eigenvalue weighted by Crippen LogP contribution is -2.03. The van der Waals surface area contributed by atoms with E-state index < -0.39 is 0 Å². The number of rotatable bonds is 6. The van der Waals surface area contributed by atoms with Crippen LogP contribution in [0.4, 0.5) is 0 Å². The molecule has 0 saturated heterocycles. The standard InChI is InChI=1S/C32H30O8/c1-14-8-19-27(21-11-18(38-5)13-24(40-7)30(21)32(36)28(19)22(34)9-14)26-15(2)25(16(3)33)31(35)29-20(26)10-17(37-4)12-23(29)39-6/h8-13,34-36H,1-7H3. The van der Waals surface area contributed by atoms with Crippen molar-refractivity contribution in [1.82, 2.24) is 0 Å². The number of ketones is 1. The highest BCUT2D eigenvalue weighted by Gasteiger charge is 2.28. The molecule has 0 radical (unpaired) electrons. The SMILES string of the molecule is COc1cc(OC)c2c(O)c(C(C)=O)c(C)c(-c3c4cc(C)cc(O)c4c(O)c4c(OC)cc(OC)cc34)c2c1. The Hall–Kier alpha value is -4.85. The molecule has 0 atom stereocenters. The van der Waals surface area contributed by atoms with Gasteiger partial charge in [0.25, 0.3) is 0 Å². The van der Waals surface area contributed by atoms with Crippen molar-refractivity contribution in [2.24, 2.45) is 0 Å². The molecule has 5 aromatic carbocycles. The fourth-order valence-electron chi connectivity index (χ4n) is 5.76. The van der Waals surface area contributed by atoms with Crippen molar-refractivity contribution in [3.63, 3.8) is 0 Å². The van der Waals surface area contributed by atoms with Crippen LogP contribution in [-0.4, -0.2) is 49.5 Å². The van der Waals surface area contributed by atoms with E-state index in [-0.39, 0.29) is 34.0 Å². The smallest absolute Gasteiger partial charge is 0.163 e. The van der Waals surface area contributed by atoms with Crippen LogP contribution >= 0.6 is 0 Å². The molecule has 0 unspecified atom stereocenters. The third kappa shape index (κ3) is 3.78. The van der Waals surface area contributed by atoms with Gasteiger partial charge in [0.2, 0.25) is 0 Å². The average Bonchev–Trinajstić information content (AvgIpc) is 2.92. The summed E-state index contributed by atoms with van der Waals surface area (Å²) in [5.41, 5.74) is 2.57. The van der Waals surface area contributed by atoms with Crippen molar-refractivity contribution in [3.05, 3.63) is 53.1 Å². The summed E-state index contributed by atoms with van der Waals surface area (Å²) in [6.07, 6.45) is 0. The number of benzene rings is 5. The molecule has 8 heteroatoms. The van der Waals surface area contributed by atoms with Gasteiger partial charge in [-0.2, -0.15) is 0 Å². The van der Waals surface area contributed by atoms with Gasteiger partial charge in [-0.25, -0.2) is 0 Å². The fourth-order valence-corrected chi connectivity index (χ4v) is 5.76. The molecule has 3 N–H and O–H groups in total. The van der Waals surface area contributed by atoms with Gasteiger partial charge in [-0.15, -0.1) is 0 Å². The van der Waals surface area contributed by atoms with Gasteiger partial charge in [-0.3, -0.25) is 4.79 Å². The third-order valence-corrected chi connectivity index (χ3v) is 7.43. The second-order valence-corrected chi connectivity index (χ2v) is 9.71. The first kappa shape index (κ1) is 26.7. The number of carbonyl (C=O) groups excluding carboxylic acids is 1. The Bertz CT molecular complexity index is 1870. The molecule has 8 nitrogen and oxygen atoms in total. The predicted octanol–water partition coefficient (Wildman–Crippen LogP) is 6.78. The summed E-state index contributed by atoms with van der Waals surface area (Å²) in [7, 11) is 6.02. The Balaban J connectivity index is 2.21. The maximum absolute atomic E-state index is 13.0. The highest BCUT2D eigenvalue weighted by atomic mass is 16.5. The average molecular weight is 543 g/mol. The van der Waals surface area contributed by atoms with E-state index in [1.807, 2.05) is 13.0 Å². The van der Waals surface area contributed by atoms with E-state index in [0.717, 1.165) is 5.56 Å². The molecule has 0 amide bonds. The van der Waals surface area contributed by atoms with Crippen LogP contribution in [0.3, 0.4) is 0 Å². The van der Waals surface area contributed by atoms with Crippen molar-refractivity contribution in [3.8, 4) is 51.4 Å². The van der Waals surface area contributed by atoms with Gasteiger partial charge >= 0.3 is 0 Å². The minimum atomic E-state index is -0.336. The van der Waals surface area contributed by atoms with E-state index in [0.29, 0.717) is 66.6 Å². The Morgan fingerprint density at radius 1 is 0.625 bits per heavy atom. The van der Waals surface area contributed by atoms with Gasteiger partial charge in [-0.05, 0) is 66.6 Å². The number of phenolic OH excluding ortho intramolecular Hbond substituents is 3. The summed E-state index contributed by atoms with van der Waals surface area (Å²) in [5, 5.41) is 36.6. The van der Waals surface area contributed by atoms with Crippen molar-refractivity contribution < 1.29 is 39.1 Å². The second kappa shape index (κ2) is 9.72. The Kier molecular flexibility index (Phi) is 6.50. The van der Waals surface area contributed by atoms with Crippen LogP contribution in [0.2, 0.25) is 0 Å². The van der Waals surface area contributed by atoms with Gasteiger partial charge < -0.3 is 34.3 Å². The van der Waals surface area contributed by atoms with Crippen LogP contribution in [0, 0.1) is 13.8 Å². The molecule has 0 fully saturated rings. The number of aromatic hydroxyl groups is 3. The second-order valence-electron chi connectivity index (χ2n) is 9.71. The largest absolute Gasteiger partial charge is 0.507 e. The van der Waals surface area contributed by atoms with E-state index in [2.05, 4.69) is 0 Å². The molecule has 5 rings (SSSR count). The zero-order chi connectivity index (χ0) is 29.0. The first-order valence-corrected chi connectivity index (χ1v) is 12.5. The molecule has 0 spiro atoms. The van der Waals surface area contributed by atoms with Crippen LogP contribution in [0.15, 0.2) is 36.4 Å². The Morgan fingerprint density at radius 3 is 1.62 bits per heavy atom. The van der Waals surface area contributed by atoms with Gasteiger partial charge in [0.05, 0.1) is 50.2 Å². The number of hydrogen-bond acceptors (Lipinski definition) is 8. The van der Waals surface area contributed by atoms with Gasteiger partial charge in [0, 0.05) is 22.9 Å². The molecular weight excluding hydrogens is 512 g/mol. The molecule has 0 aliphatic carbocycles. The molecule has 0 aliphatic heterocycles. The molecule has 206 valence electrons. The number of Topliss-reactive ketones (excluding diaryl/α,β-unsaturated/α-hetero) is 1. The zero-order valence-electron chi connectivity index (χ0n) is 23.3. The summed E-state index contributed by atoms with van der Waals surface area (Å²) in [6.45, 7) is 4.99. The Morgan fingerprint density at radius 2 is 1.12 bits per heavy atom. The highest BCUT2D eigenvalue weighted by Crippen LogP contribution is 2.54. The van der Waals surface area contributed by atoms with E-state index in [1.165, 1.54) is 35.4 Å². The maximum atomic E-state index is 13.0. The first-order valence-electron chi connectivity index (χ1n) is 12.5. The molecule has 5 aromatic rings. The minimum absolute atomic E-state index is 0.115. The lowest BCUT2D eigenvalue weighted by molar-refractivity contribution is 0.101. The van der Waals surface area contributed by atoms with Crippen molar-refractivity contribution >= 4 is 38.1 Å². The quantitative estimate of drug-likeness (QED) is 0.159. The van der Waals surface area contributed by atoms with Gasteiger partial charge in [0.1, 0.15) is 40.2 Å². The van der Waals surface area contributed by atoms with Crippen LogP contribution < -0.4 is 18.9 Å². The lowest BCUT2D eigenvalue weighted by Gasteiger charge is -2.23. The van der Waals surface area contributed by atoms with Crippen molar-refractivity contribution in [2.45, 2.75) is 20.8 Å². The summed E-state index contributed by atoms with van der Waals surface area (Å²) in [4.78, 5) is 13.0. The van der Waals surface area contributed by atoms with Crippen molar-refractivity contribution in [2.75, 3.05) is 28.4 Å². The first-order chi connectivity index (χ1) is 19.1. The summed E-state index contributed by atoms with van der Waals surface area (Å²) >= 11 is 0. The third-order valence-electron chi connectivity index (χ3n) is 7.43. The zero-order valence-corrected chi connectivity index (χ0v) is 23.3. The Labute approximate surface area is 230 Å². The summed E-state index contributed by atoms with van der Waals surface area (Å²) in [5.74, 6) is 0.785. The number of ether oxygens (including phenoxy) is 4. The number of aryl methyl sites for hydroxylation is 1. The van der Waals surface area contributed by atoms with Gasteiger partial charge in [0.15, 0.2) is 5.78 Å². The number of phenols is 3. The van der Waals surface area contributed by atoms with E-state index >= 15 is 0 Å².